The number of aryl methyl sites for hydroxylation is 3. The molecule has 2 aromatic heterocycles. The van der Waals surface area contributed by atoms with Gasteiger partial charge in [-0.1, -0.05) is 53.2 Å². The highest BCUT2D eigenvalue weighted by atomic mass is 35.5. The summed E-state index contributed by atoms with van der Waals surface area (Å²) in [5, 5.41) is 5.88. The third-order valence-corrected chi connectivity index (χ3v) is 8.23. The molecule has 1 amide bonds. The number of halogens is 1. The summed E-state index contributed by atoms with van der Waals surface area (Å²) in [7, 11) is 0. The summed E-state index contributed by atoms with van der Waals surface area (Å²) in [6, 6.07) is 14.9. The van der Waals surface area contributed by atoms with Crippen LogP contribution < -0.4 is 11.0 Å². The first-order valence-electron chi connectivity index (χ1n) is 11.3. The van der Waals surface area contributed by atoms with Crippen molar-refractivity contribution in [2.45, 2.75) is 37.8 Å². The fourth-order valence-corrected chi connectivity index (χ4v) is 6.33. The third kappa shape index (κ3) is 5.19. The summed E-state index contributed by atoms with van der Waals surface area (Å²) < 4.78 is 1.64. The largest absolute Gasteiger partial charge is 0.272 e. The van der Waals surface area contributed by atoms with E-state index in [0.29, 0.717) is 10.2 Å². The van der Waals surface area contributed by atoms with Crippen molar-refractivity contribution in [2.24, 2.45) is 5.10 Å². The molecule has 5 rings (SSSR count). The van der Waals surface area contributed by atoms with E-state index in [1.54, 1.807) is 34.3 Å². The molecule has 0 atom stereocenters. The molecule has 0 unspecified atom stereocenters. The number of rotatable bonds is 6. The van der Waals surface area contributed by atoms with Crippen molar-refractivity contribution in [3.05, 3.63) is 85.5 Å². The second-order valence-electron chi connectivity index (χ2n) is 8.39. The van der Waals surface area contributed by atoms with Crippen LogP contribution in [0.1, 0.15) is 34.4 Å². The first-order chi connectivity index (χ1) is 17.0. The van der Waals surface area contributed by atoms with E-state index in [-0.39, 0.29) is 17.2 Å². The lowest BCUT2D eigenvalue weighted by molar-refractivity contribution is -0.118. The maximum Gasteiger partial charge on any atom is 0.267 e. The molecule has 0 saturated heterocycles. The van der Waals surface area contributed by atoms with Gasteiger partial charge in [0.05, 0.1) is 23.0 Å². The van der Waals surface area contributed by atoms with E-state index in [9.17, 15) is 9.59 Å². The Kier molecular flexibility index (Phi) is 7.04. The second-order valence-corrected chi connectivity index (χ2v) is 10.9. The first kappa shape index (κ1) is 23.8. The van der Waals surface area contributed by atoms with Gasteiger partial charge in [0.25, 0.3) is 11.5 Å². The Balaban J connectivity index is 1.42. The van der Waals surface area contributed by atoms with Gasteiger partial charge in [-0.25, -0.2) is 10.4 Å². The van der Waals surface area contributed by atoms with Crippen molar-refractivity contribution in [1.82, 2.24) is 15.0 Å². The molecule has 0 spiro atoms. The summed E-state index contributed by atoms with van der Waals surface area (Å²) in [6.07, 6.45) is 5.71. The van der Waals surface area contributed by atoms with Crippen molar-refractivity contribution in [2.75, 3.05) is 5.75 Å². The van der Waals surface area contributed by atoms with Gasteiger partial charge in [0, 0.05) is 9.90 Å². The monoisotopic (exact) mass is 522 g/mol. The number of hydrogen-bond acceptors (Lipinski definition) is 6. The lowest BCUT2D eigenvalue weighted by atomic mass is 9.97. The van der Waals surface area contributed by atoms with Gasteiger partial charge >= 0.3 is 0 Å². The number of nitrogens with one attached hydrogen (secondary N) is 1. The molecule has 35 heavy (non-hydrogen) atoms. The van der Waals surface area contributed by atoms with Crippen molar-refractivity contribution in [3.8, 4) is 5.69 Å². The van der Waals surface area contributed by atoms with Crippen LogP contribution in [0.3, 0.4) is 0 Å². The molecule has 0 saturated carbocycles. The van der Waals surface area contributed by atoms with E-state index in [1.807, 2.05) is 43.3 Å². The Hall–Kier alpha value is -2.94. The van der Waals surface area contributed by atoms with Gasteiger partial charge in [0.15, 0.2) is 5.16 Å². The number of hydrogen-bond donors (Lipinski definition) is 1. The number of carbonyl (C=O) groups is 1. The lowest BCUT2D eigenvalue weighted by Crippen LogP contribution is -2.24. The van der Waals surface area contributed by atoms with Crippen molar-refractivity contribution < 1.29 is 4.79 Å². The second kappa shape index (κ2) is 10.4. The Morgan fingerprint density at radius 3 is 2.69 bits per heavy atom. The molecular weight excluding hydrogens is 500 g/mol. The normalized spacial score (nSPS) is 13.3. The molecule has 0 radical (unpaired) electrons. The molecule has 2 heterocycles. The summed E-state index contributed by atoms with van der Waals surface area (Å²) in [5.41, 5.74) is 6.30. The Labute approximate surface area is 216 Å². The zero-order valence-electron chi connectivity index (χ0n) is 19.1. The standard InChI is InChI=1S/C26H23ClN4O2S2/c1-16-6-12-19(13-7-16)31-25(33)23-20-4-2-3-5-21(20)35-24(23)29-26(31)34-15-22(32)30-28-14-17-8-10-18(27)11-9-17/h6-14H,2-5,15H2,1H3,(H,30,32)/b28-14+. The molecule has 6 nitrogen and oxygen atoms in total. The smallest absolute Gasteiger partial charge is 0.267 e. The van der Waals surface area contributed by atoms with Crippen LogP contribution in [0, 0.1) is 6.92 Å². The minimum absolute atomic E-state index is 0.0677. The van der Waals surface area contributed by atoms with E-state index in [4.69, 9.17) is 16.6 Å². The fraction of sp³-hybridized carbons (Fsp3) is 0.231. The molecule has 1 aliphatic rings. The van der Waals surface area contributed by atoms with Crippen LogP contribution in [0.5, 0.6) is 0 Å². The van der Waals surface area contributed by atoms with Gasteiger partial charge in [-0.3, -0.25) is 14.2 Å². The molecule has 1 N–H and O–H groups in total. The lowest BCUT2D eigenvalue weighted by Gasteiger charge is -2.13. The van der Waals surface area contributed by atoms with Gasteiger partial charge < -0.3 is 0 Å². The van der Waals surface area contributed by atoms with Crippen LogP contribution in [-0.4, -0.2) is 27.4 Å². The van der Waals surface area contributed by atoms with Gasteiger partial charge in [-0.2, -0.15) is 5.10 Å². The maximum atomic E-state index is 13.7. The number of carbonyl (C=O) groups excluding carboxylic acids is 1. The Morgan fingerprint density at radius 1 is 1.17 bits per heavy atom. The zero-order chi connectivity index (χ0) is 24.4. The van der Waals surface area contributed by atoms with Crippen molar-refractivity contribution in [3.63, 3.8) is 0 Å². The Morgan fingerprint density at radius 2 is 1.91 bits per heavy atom. The molecule has 0 fully saturated rings. The molecule has 178 valence electrons. The average molecular weight is 523 g/mol. The van der Waals surface area contributed by atoms with E-state index < -0.39 is 0 Å². The third-order valence-electron chi connectivity index (χ3n) is 5.86. The molecule has 1 aliphatic carbocycles. The number of thioether (sulfide) groups is 1. The highest BCUT2D eigenvalue weighted by Gasteiger charge is 2.23. The minimum Gasteiger partial charge on any atom is -0.272 e. The van der Waals surface area contributed by atoms with Gasteiger partial charge in [-0.05, 0) is 68.0 Å². The topological polar surface area (TPSA) is 76.3 Å². The number of aromatic nitrogens is 2. The fourth-order valence-electron chi connectivity index (χ4n) is 4.09. The van der Waals surface area contributed by atoms with Crippen molar-refractivity contribution in [1.29, 1.82) is 0 Å². The van der Waals surface area contributed by atoms with Gasteiger partial charge in [-0.15, -0.1) is 11.3 Å². The van der Waals surface area contributed by atoms with Crippen LogP contribution in [0.4, 0.5) is 0 Å². The maximum absolute atomic E-state index is 13.7. The van der Waals surface area contributed by atoms with E-state index >= 15 is 0 Å². The highest BCUT2D eigenvalue weighted by molar-refractivity contribution is 7.99. The van der Waals surface area contributed by atoms with E-state index in [2.05, 4.69) is 10.5 Å². The van der Waals surface area contributed by atoms with Gasteiger partial charge in [0.2, 0.25) is 0 Å². The van der Waals surface area contributed by atoms with Crippen LogP contribution in [0.25, 0.3) is 15.9 Å². The number of amides is 1. The van der Waals surface area contributed by atoms with E-state index in [0.717, 1.165) is 58.3 Å². The Bertz CT molecular complexity index is 1470. The molecule has 9 heteroatoms. The molecule has 0 bridgehead atoms. The quantitative estimate of drug-likeness (QED) is 0.156. The molecular formula is C26H23ClN4O2S2. The van der Waals surface area contributed by atoms with Crippen LogP contribution in [0.15, 0.2) is 63.6 Å². The summed E-state index contributed by atoms with van der Waals surface area (Å²) in [6.45, 7) is 2.01. The van der Waals surface area contributed by atoms with Crippen LogP contribution >= 0.6 is 34.7 Å². The summed E-state index contributed by atoms with van der Waals surface area (Å²) >= 11 is 8.73. The predicted octanol–water partition coefficient (Wildman–Crippen LogP) is 5.53. The van der Waals surface area contributed by atoms with Crippen LogP contribution in [0.2, 0.25) is 5.02 Å². The highest BCUT2D eigenvalue weighted by Crippen LogP contribution is 2.35. The van der Waals surface area contributed by atoms with Crippen LogP contribution in [-0.2, 0) is 17.6 Å². The summed E-state index contributed by atoms with van der Waals surface area (Å²) in [5.74, 6) is -0.206. The number of thiophene rings is 1. The number of nitrogens with zero attached hydrogens (tertiary/aromatic N) is 3. The first-order valence-corrected chi connectivity index (χ1v) is 13.5. The summed E-state index contributed by atoms with van der Waals surface area (Å²) in [4.78, 5) is 33.1. The number of hydrazone groups is 1. The van der Waals surface area contributed by atoms with E-state index in [1.165, 1.54) is 16.6 Å². The van der Waals surface area contributed by atoms with Crippen molar-refractivity contribution >= 4 is 57.0 Å². The van der Waals surface area contributed by atoms with Gasteiger partial charge in [0.1, 0.15) is 4.83 Å². The number of fused-ring (bicyclic) bond motifs is 3. The average Bonchev–Trinajstić information content (AvgIpc) is 3.23. The molecule has 0 aliphatic heterocycles. The predicted molar refractivity (Wildman–Crippen MR) is 145 cm³/mol. The zero-order valence-corrected chi connectivity index (χ0v) is 21.5. The number of benzene rings is 2. The molecule has 4 aromatic rings. The SMILES string of the molecule is Cc1ccc(-n2c(SCC(=O)N/N=C/c3ccc(Cl)cc3)nc3sc4c(c3c2=O)CCCC4)cc1. The molecule has 2 aromatic carbocycles. The minimum atomic E-state index is -0.282.